The lowest BCUT2D eigenvalue weighted by atomic mass is 10.1. The molecule has 2 heterocycles. The Kier molecular flexibility index (Phi) is 5.42. The van der Waals surface area contributed by atoms with Crippen molar-refractivity contribution in [1.82, 2.24) is 5.16 Å². The normalized spacial score (nSPS) is 12.7. The van der Waals surface area contributed by atoms with Crippen LogP contribution in [0.3, 0.4) is 0 Å². The van der Waals surface area contributed by atoms with Gasteiger partial charge in [0.2, 0.25) is 13.4 Å². The Labute approximate surface area is 166 Å². The van der Waals surface area contributed by atoms with Crippen molar-refractivity contribution in [1.29, 1.82) is 0 Å². The minimum atomic E-state index is -0.565. The molecule has 0 radical (unpaired) electrons. The largest absolute Gasteiger partial charge is 0.455 e. The number of rotatable bonds is 7. The Morgan fingerprint density at radius 2 is 1.93 bits per heavy atom. The van der Waals surface area contributed by atoms with Gasteiger partial charge in [0.1, 0.15) is 5.69 Å². The van der Waals surface area contributed by atoms with Gasteiger partial charge in [-0.1, -0.05) is 40.6 Å². The van der Waals surface area contributed by atoms with Crippen molar-refractivity contribution in [2.75, 3.05) is 13.4 Å². The predicted octanol–water partition coefficient (Wildman–Crippen LogP) is 3.55. The van der Waals surface area contributed by atoms with Crippen LogP contribution >= 0.6 is 0 Å². The molecule has 0 unspecified atom stereocenters. The molecule has 29 heavy (non-hydrogen) atoms. The Bertz CT molecular complexity index is 1030. The van der Waals surface area contributed by atoms with Crippen LogP contribution in [0.5, 0.6) is 11.5 Å². The molecule has 0 aliphatic carbocycles. The van der Waals surface area contributed by atoms with Crippen LogP contribution in [0.15, 0.2) is 64.3 Å². The number of ether oxygens (including phenoxy) is 3. The molecule has 0 N–H and O–H groups in total. The average Bonchev–Trinajstić information content (AvgIpc) is 3.41. The van der Waals surface area contributed by atoms with E-state index in [-0.39, 0.29) is 20.0 Å². The Morgan fingerprint density at radius 3 is 2.79 bits per heavy atom. The summed E-state index contributed by atoms with van der Waals surface area (Å²) in [6.45, 7) is 1.62. The molecule has 3 aromatic rings. The molecule has 2 aromatic carbocycles. The lowest BCUT2D eigenvalue weighted by molar-refractivity contribution is -0.150. The molecule has 0 amide bonds. The highest BCUT2D eigenvalue weighted by Crippen LogP contribution is 2.32. The zero-order valence-electron chi connectivity index (χ0n) is 15.7. The number of oxime groups is 1. The summed E-state index contributed by atoms with van der Waals surface area (Å²) < 4.78 is 20.9. The van der Waals surface area contributed by atoms with E-state index in [2.05, 4.69) is 10.3 Å². The SMILES string of the molecule is C/C(=N\OCC(=O)OCc1cc(-c2ccccc2)no1)c1ccc2c(c1)OCO2. The molecule has 8 nitrogen and oxygen atoms in total. The van der Waals surface area contributed by atoms with Gasteiger partial charge in [0, 0.05) is 17.2 Å². The maximum Gasteiger partial charge on any atom is 0.347 e. The van der Waals surface area contributed by atoms with Gasteiger partial charge in [-0.2, -0.15) is 0 Å². The third-order valence-electron chi connectivity index (χ3n) is 4.18. The van der Waals surface area contributed by atoms with Crippen LogP contribution in [0, 0.1) is 0 Å². The number of carbonyl (C=O) groups excluding carboxylic acids is 1. The number of hydrogen-bond acceptors (Lipinski definition) is 8. The van der Waals surface area contributed by atoms with Crippen molar-refractivity contribution in [3.8, 4) is 22.8 Å². The number of nitrogens with zero attached hydrogens (tertiary/aromatic N) is 2. The number of benzene rings is 2. The molecule has 4 rings (SSSR count). The number of esters is 1. The number of aromatic nitrogens is 1. The van der Waals surface area contributed by atoms with E-state index in [4.69, 9.17) is 23.6 Å². The van der Waals surface area contributed by atoms with Crippen LogP contribution in [0.1, 0.15) is 18.2 Å². The fourth-order valence-electron chi connectivity index (χ4n) is 2.68. The highest BCUT2D eigenvalue weighted by atomic mass is 16.7. The zero-order valence-corrected chi connectivity index (χ0v) is 15.7. The summed E-state index contributed by atoms with van der Waals surface area (Å²) in [5.41, 5.74) is 3.00. The maximum atomic E-state index is 11.8. The van der Waals surface area contributed by atoms with Crippen LogP contribution in [0.25, 0.3) is 11.3 Å². The molecule has 0 saturated carbocycles. The first-order chi connectivity index (χ1) is 14.2. The van der Waals surface area contributed by atoms with Gasteiger partial charge in [-0.05, 0) is 25.1 Å². The van der Waals surface area contributed by atoms with Gasteiger partial charge >= 0.3 is 5.97 Å². The summed E-state index contributed by atoms with van der Waals surface area (Å²) in [6.07, 6.45) is 0. The van der Waals surface area contributed by atoms with Gasteiger partial charge in [0.05, 0.1) is 5.71 Å². The van der Waals surface area contributed by atoms with Crippen LogP contribution < -0.4 is 9.47 Å². The molecule has 0 fully saturated rings. The monoisotopic (exact) mass is 394 g/mol. The van der Waals surface area contributed by atoms with E-state index < -0.39 is 5.97 Å². The Balaban J connectivity index is 1.25. The van der Waals surface area contributed by atoms with Gasteiger partial charge in [0.15, 0.2) is 23.9 Å². The molecular formula is C21H18N2O6. The second-order valence-electron chi connectivity index (χ2n) is 6.22. The number of carbonyl (C=O) groups is 1. The van der Waals surface area contributed by atoms with Gasteiger partial charge in [0.25, 0.3) is 0 Å². The number of fused-ring (bicyclic) bond motifs is 1. The van der Waals surface area contributed by atoms with E-state index in [0.717, 1.165) is 11.1 Å². The highest BCUT2D eigenvalue weighted by molar-refractivity contribution is 5.99. The Morgan fingerprint density at radius 1 is 1.10 bits per heavy atom. The molecule has 0 bridgehead atoms. The van der Waals surface area contributed by atoms with Crippen LogP contribution in [0.2, 0.25) is 0 Å². The second kappa shape index (κ2) is 8.47. The zero-order chi connectivity index (χ0) is 20.1. The summed E-state index contributed by atoms with van der Waals surface area (Å²) in [4.78, 5) is 16.9. The number of hydrogen-bond donors (Lipinski definition) is 0. The van der Waals surface area contributed by atoms with E-state index >= 15 is 0 Å². The van der Waals surface area contributed by atoms with Crippen molar-refractivity contribution in [3.63, 3.8) is 0 Å². The molecule has 1 aliphatic rings. The van der Waals surface area contributed by atoms with Crippen molar-refractivity contribution >= 4 is 11.7 Å². The summed E-state index contributed by atoms with van der Waals surface area (Å²) in [6, 6.07) is 16.7. The Hall–Kier alpha value is -3.81. The molecule has 0 saturated heterocycles. The minimum Gasteiger partial charge on any atom is -0.455 e. The van der Waals surface area contributed by atoms with Crippen molar-refractivity contribution < 1.29 is 28.4 Å². The average molecular weight is 394 g/mol. The fraction of sp³-hybridized carbons (Fsp3) is 0.190. The summed E-state index contributed by atoms with van der Waals surface area (Å²) in [7, 11) is 0. The third-order valence-corrected chi connectivity index (χ3v) is 4.18. The standard InChI is InChI=1S/C21H18N2O6/c1-14(16-7-8-19-20(9-16)27-13-26-19)22-28-12-21(24)25-11-17-10-18(23-29-17)15-5-3-2-4-6-15/h2-10H,11-13H2,1H3/b22-14+. The summed E-state index contributed by atoms with van der Waals surface area (Å²) >= 11 is 0. The molecule has 1 aromatic heterocycles. The first kappa shape index (κ1) is 18.5. The van der Waals surface area contributed by atoms with E-state index in [1.165, 1.54) is 0 Å². The van der Waals surface area contributed by atoms with Crippen molar-refractivity contribution in [2.45, 2.75) is 13.5 Å². The molecule has 1 aliphatic heterocycles. The first-order valence-electron chi connectivity index (χ1n) is 8.92. The first-order valence-corrected chi connectivity index (χ1v) is 8.92. The van der Waals surface area contributed by atoms with Crippen LogP contribution in [0.4, 0.5) is 0 Å². The topological polar surface area (TPSA) is 92.4 Å². The summed E-state index contributed by atoms with van der Waals surface area (Å²) in [5.74, 6) is 1.22. The van der Waals surface area contributed by atoms with Gasteiger partial charge in [-0.3, -0.25) is 0 Å². The second-order valence-corrected chi connectivity index (χ2v) is 6.22. The highest BCUT2D eigenvalue weighted by Gasteiger charge is 2.14. The molecule has 0 spiro atoms. The van der Waals surface area contributed by atoms with E-state index in [1.54, 1.807) is 25.1 Å². The minimum absolute atomic E-state index is 0.0348. The lowest BCUT2D eigenvalue weighted by Gasteiger charge is -2.04. The lowest BCUT2D eigenvalue weighted by Crippen LogP contribution is -2.11. The smallest absolute Gasteiger partial charge is 0.347 e. The van der Waals surface area contributed by atoms with Gasteiger partial charge in [-0.15, -0.1) is 0 Å². The van der Waals surface area contributed by atoms with Gasteiger partial charge in [-0.25, -0.2) is 4.79 Å². The van der Waals surface area contributed by atoms with Crippen LogP contribution in [-0.2, 0) is 21.0 Å². The van der Waals surface area contributed by atoms with E-state index in [9.17, 15) is 4.79 Å². The predicted molar refractivity (Wildman–Crippen MR) is 102 cm³/mol. The van der Waals surface area contributed by atoms with Crippen molar-refractivity contribution in [3.05, 3.63) is 65.9 Å². The van der Waals surface area contributed by atoms with Crippen molar-refractivity contribution in [2.24, 2.45) is 5.16 Å². The van der Waals surface area contributed by atoms with E-state index in [0.29, 0.717) is 28.7 Å². The molecule has 8 heteroatoms. The molecule has 148 valence electrons. The van der Waals surface area contributed by atoms with Crippen LogP contribution in [-0.4, -0.2) is 30.2 Å². The third kappa shape index (κ3) is 4.55. The summed E-state index contributed by atoms with van der Waals surface area (Å²) in [5, 5.41) is 7.91. The molecular weight excluding hydrogens is 376 g/mol. The van der Waals surface area contributed by atoms with E-state index in [1.807, 2.05) is 36.4 Å². The maximum absolute atomic E-state index is 11.8. The fourth-order valence-corrected chi connectivity index (χ4v) is 2.68. The molecule has 0 atom stereocenters. The van der Waals surface area contributed by atoms with Gasteiger partial charge < -0.3 is 23.6 Å². The quantitative estimate of drug-likeness (QED) is 0.344.